The van der Waals surface area contributed by atoms with Crippen LogP contribution in [0.3, 0.4) is 0 Å². The van der Waals surface area contributed by atoms with Gasteiger partial charge < -0.3 is 15.1 Å². The Kier molecular flexibility index (Phi) is 6.46. The van der Waals surface area contributed by atoms with Crippen LogP contribution in [0.5, 0.6) is 0 Å². The van der Waals surface area contributed by atoms with Gasteiger partial charge in [-0.3, -0.25) is 4.79 Å². The summed E-state index contributed by atoms with van der Waals surface area (Å²) in [5.41, 5.74) is 2.34. The van der Waals surface area contributed by atoms with E-state index in [9.17, 15) is 4.79 Å². The largest absolute Gasteiger partial charge is 0.382 e. The van der Waals surface area contributed by atoms with Crippen LogP contribution < -0.4 is 5.32 Å². The highest BCUT2D eigenvalue weighted by atomic mass is 16.2. The molecular weight excluding hydrogens is 286 g/mol. The fourth-order valence-electron chi connectivity index (χ4n) is 3.33. The minimum atomic E-state index is 0.130. The van der Waals surface area contributed by atoms with E-state index in [1.165, 1.54) is 31.5 Å². The number of anilines is 1. The number of hydrogen-bond donors (Lipinski definition) is 1. The van der Waals surface area contributed by atoms with Crippen molar-refractivity contribution in [3.63, 3.8) is 0 Å². The lowest BCUT2D eigenvalue weighted by molar-refractivity contribution is -0.129. The molecule has 1 atom stereocenters. The number of likely N-dealkylation sites (tertiary alicyclic amines) is 1. The second-order valence-corrected chi connectivity index (χ2v) is 6.81. The van der Waals surface area contributed by atoms with Crippen LogP contribution >= 0.6 is 0 Å². The van der Waals surface area contributed by atoms with E-state index in [-0.39, 0.29) is 5.91 Å². The summed E-state index contributed by atoms with van der Waals surface area (Å²) in [5.74, 6) is 0.866. The number of amides is 1. The molecule has 1 aliphatic heterocycles. The third-order valence-electron chi connectivity index (χ3n) is 4.99. The fraction of sp³-hybridized carbons (Fsp3) is 0.632. The van der Waals surface area contributed by atoms with E-state index in [2.05, 4.69) is 48.5 Å². The van der Waals surface area contributed by atoms with Crippen molar-refractivity contribution in [3.05, 3.63) is 29.8 Å². The average molecular weight is 317 g/mol. The van der Waals surface area contributed by atoms with E-state index < -0.39 is 0 Å². The Bertz CT molecular complexity index is 509. The van der Waals surface area contributed by atoms with E-state index in [0.717, 1.165) is 18.2 Å². The molecule has 2 rings (SSSR count). The van der Waals surface area contributed by atoms with Gasteiger partial charge in [0, 0.05) is 31.7 Å². The minimum Gasteiger partial charge on any atom is -0.382 e. The SMILES string of the molecule is CCN(Cc1cccc(N[C@H](C)C2CCN(C)CC2)c1)C(C)=O. The molecule has 0 bridgehead atoms. The van der Waals surface area contributed by atoms with Crippen molar-refractivity contribution in [3.8, 4) is 0 Å². The summed E-state index contributed by atoms with van der Waals surface area (Å²) in [6, 6.07) is 8.95. The minimum absolute atomic E-state index is 0.130. The summed E-state index contributed by atoms with van der Waals surface area (Å²) in [4.78, 5) is 15.8. The van der Waals surface area contributed by atoms with Crippen molar-refractivity contribution in [2.45, 2.75) is 46.2 Å². The molecule has 1 aromatic carbocycles. The normalized spacial score (nSPS) is 17.7. The van der Waals surface area contributed by atoms with Crippen molar-refractivity contribution >= 4 is 11.6 Å². The molecule has 128 valence electrons. The molecule has 1 aromatic rings. The Morgan fingerprint density at radius 2 is 2.09 bits per heavy atom. The first-order valence-electron chi connectivity index (χ1n) is 8.79. The molecule has 0 radical (unpaired) electrons. The van der Waals surface area contributed by atoms with Crippen molar-refractivity contribution in [2.24, 2.45) is 5.92 Å². The Morgan fingerprint density at radius 1 is 1.39 bits per heavy atom. The van der Waals surface area contributed by atoms with Gasteiger partial charge >= 0.3 is 0 Å². The lowest BCUT2D eigenvalue weighted by Gasteiger charge is -2.33. The van der Waals surface area contributed by atoms with Crippen LogP contribution in [0.4, 0.5) is 5.69 Å². The Morgan fingerprint density at radius 3 is 2.70 bits per heavy atom. The zero-order valence-corrected chi connectivity index (χ0v) is 15.0. The zero-order valence-electron chi connectivity index (χ0n) is 15.0. The molecule has 1 N–H and O–H groups in total. The van der Waals surface area contributed by atoms with Crippen LogP contribution in [0.2, 0.25) is 0 Å². The number of carbonyl (C=O) groups excluding carboxylic acids is 1. The molecule has 4 nitrogen and oxygen atoms in total. The van der Waals surface area contributed by atoms with Gasteiger partial charge in [-0.25, -0.2) is 0 Å². The summed E-state index contributed by atoms with van der Waals surface area (Å²) in [6.07, 6.45) is 2.52. The standard InChI is InChI=1S/C19H31N3O/c1-5-22(16(3)23)14-17-7-6-8-19(13-17)20-15(2)18-9-11-21(4)12-10-18/h6-8,13,15,18,20H,5,9-12,14H2,1-4H3/t15-/m1/s1. The first kappa shape index (κ1) is 17.8. The van der Waals surface area contributed by atoms with Crippen molar-refractivity contribution in [2.75, 3.05) is 32.0 Å². The van der Waals surface area contributed by atoms with Gasteiger partial charge in [0.1, 0.15) is 0 Å². The molecule has 1 aliphatic rings. The molecule has 4 heteroatoms. The van der Waals surface area contributed by atoms with Gasteiger partial charge in [-0.05, 0) is 70.4 Å². The third-order valence-corrected chi connectivity index (χ3v) is 4.99. The molecule has 23 heavy (non-hydrogen) atoms. The quantitative estimate of drug-likeness (QED) is 0.875. The highest BCUT2D eigenvalue weighted by molar-refractivity contribution is 5.73. The average Bonchev–Trinajstić information content (AvgIpc) is 2.53. The Labute approximate surface area is 140 Å². The summed E-state index contributed by atoms with van der Waals surface area (Å²) >= 11 is 0. The number of nitrogens with zero attached hydrogens (tertiary/aromatic N) is 2. The van der Waals surface area contributed by atoms with Crippen LogP contribution in [0.1, 0.15) is 39.2 Å². The summed E-state index contributed by atoms with van der Waals surface area (Å²) < 4.78 is 0. The highest BCUT2D eigenvalue weighted by Crippen LogP contribution is 2.23. The van der Waals surface area contributed by atoms with Gasteiger partial charge in [-0.2, -0.15) is 0 Å². The van der Waals surface area contributed by atoms with Crippen LogP contribution in [0.25, 0.3) is 0 Å². The predicted octanol–water partition coefficient (Wildman–Crippen LogP) is 3.20. The molecule has 0 spiro atoms. The number of benzene rings is 1. The van der Waals surface area contributed by atoms with Crippen LogP contribution in [-0.4, -0.2) is 48.4 Å². The van der Waals surface area contributed by atoms with E-state index >= 15 is 0 Å². The second-order valence-electron chi connectivity index (χ2n) is 6.81. The number of rotatable bonds is 6. The van der Waals surface area contributed by atoms with Crippen LogP contribution in [0.15, 0.2) is 24.3 Å². The van der Waals surface area contributed by atoms with Crippen LogP contribution in [0, 0.1) is 5.92 Å². The van der Waals surface area contributed by atoms with E-state index in [0.29, 0.717) is 12.6 Å². The highest BCUT2D eigenvalue weighted by Gasteiger charge is 2.22. The summed E-state index contributed by atoms with van der Waals surface area (Å²) in [6.45, 7) is 9.76. The molecule has 1 saturated heterocycles. The lowest BCUT2D eigenvalue weighted by Crippen LogP contribution is -2.37. The molecule has 1 fully saturated rings. The number of piperidine rings is 1. The maximum absolute atomic E-state index is 11.6. The number of nitrogens with one attached hydrogen (secondary N) is 1. The Hall–Kier alpha value is -1.55. The third kappa shape index (κ3) is 5.24. The molecule has 0 aliphatic carbocycles. The van der Waals surface area contributed by atoms with Gasteiger partial charge in [0.15, 0.2) is 0 Å². The van der Waals surface area contributed by atoms with Gasteiger partial charge in [0.05, 0.1) is 0 Å². The van der Waals surface area contributed by atoms with E-state index in [1.54, 1.807) is 6.92 Å². The van der Waals surface area contributed by atoms with Gasteiger partial charge in [-0.15, -0.1) is 0 Å². The maximum Gasteiger partial charge on any atom is 0.219 e. The summed E-state index contributed by atoms with van der Waals surface area (Å²) in [7, 11) is 2.20. The second kappa shape index (κ2) is 8.34. The first-order valence-corrected chi connectivity index (χ1v) is 8.79. The molecule has 1 heterocycles. The van der Waals surface area contributed by atoms with Gasteiger partial charge in [-0.1, -0.05) is 12.1 Å². The zero-order chi connectivity index (χ0) is 16.8. The topological polar surface area (TPSA) is 35.6 Å². The molecule has 0 aromatic heterocycles. The van der Waals surface area contributed by atoms with E-state index in [1.807, 2.05) is 11.8 Å². The monoisotopic (exact) mass is 317 g/mol. The molecule has 0 unspecified atom stereocenters. The predicted molar refractivity (Wildman–Crippen MR) is 96.5 cm³/mol. The number of hydrogen-bond acceptors (Lipinski definition) is 3. The van der Waals surface area contributed by atoms with Gasteiger partial charge in [0.25, 0.3) is 0 Å². The fourth-order valence-corrected chi connectivity index (χ4v) is 3.33. The van der Waals surface area contributed by atoms with Crippen molar-refractivity contribution < 1.29 is 4.79 Å². The van der Waals surface area contributed by atoms with Crippen molar-refractivity contribution in [1.29, 1.82) is 0 Å². The molecule has 0 saturated carbocycles. The molecule has 1 amide bonds. The van der Waals surface area contributed by atoms with Crippen LogP contribution in [-0.2, 0) is 11.3 Å². The Balaban J connectivity index is 1.95. The summed E-state index contributed by atoms with van der Waals surface area (Å²) in [5, 5.41) is 3.67. The van der Waals surface area contributed by atoms with E-state index in [4.69, 9.17) is 0 Å². The lowest BCUT2D eigenvalue weighted by atomic mass is 9.90. The molecular formula is C19H31N3O. The van der Waals surface area contributed by atoms with Gasteiger partial charge in [0.2, 0.25) is 5.91 Å². The van der Waals surface area contributed by atoms with Crippen molar-refractivity contribution in [1.82, 2.24) is 9.80 Å². The first-order chi connectivity index (χ1) is 11.0. The number of carbonyl (C=O) groups is 1. The maximum atomic E-state index is 11.6. The smallest absolute Gasteiger partial charge is 0.219 e.